The van der Waals surface area contributed by atoms with Gasteiger partial charge in [0.1, 0.15) is 11.6 Å². The smallest absolute Gasteiger partial charge is 0.383 e. The molecule has 3 N–H and O–H groups in total. The van der Waals surface area contributed by atoms with Crippen molar-refractivity contribution in [3.8, 4) is 11.1 Å². The van der Waals surface area contributed by atoms with Crippen LogP contribution in [0.3, 0.4) is 0 Å². The zero-order valence-corrected chi connectivity index (χ0v) is 15.5. The third-order valence-corrected chi connectivity index (χ3v) is 4.44. The van der Waals surface area contributed by atoms with Crippen LogP contribution < -0.4 is 11.1 Å². The second-order valence-corrected chi connectivity index (χ2v) is 6.63. The second kappa shape index (κ2) is 7.69. The Morgan fingerprint density at radius 2 is 1.64 bits per heavy atom. The summed E-state index contributed by atoms with van der Waals surface area (Å²) in [6.07, 6.45) is -4.52. The largest absolute Gasteiger partial charge is 0.416 e. The minimum atomic E-state index is -4.52. The third-order valence-electron chi connectivity index (χ3n) is 3.86. The maximum atomic E-state index is 13.0. The van der Waals surface area contributed by atoms with Crippen LogP contribution in [0, 0.1) is 0 Å². The fourth-order valence-corrected chi connectivity index (χ4v) is 2.82. The molecule has 0 spiro atoms. The topological polar surface area (TPSA) is 68.0 Å². The second-order valence-electron chi connectivity index (χ2n) is 5.78. The highest BCUT2D eigenvalue weighted by atomic mass is 35.5. The first-order valence-corrected chi connectivity index (χ1v) is 8.61. The molecule has 3 aromatic rings. The lowest BCUT2D eigenvalue weighted by Gasteiger charge is -2.13. The molecule has 0 aliphatic rings. The van der Waals surface area contributed by atoms with Crippen LogP contribution in [0.5, 0.6) is 0 Å². The van der Waals surface area contributed by atoms with Gasteiger partial charge in [0.15, 0.2) is 0 Å². The highest BCUT2D eigenvalue weighted by Gasteiger charge is 2.31. The van der Waals surface area contributed by atoms with Gasteiger partial charge < -0.3 is 11.1 Å². The first-order chi connectivity index (χ1) is 13.1. The molecule has 28 heavy (non-hydrogen) atoms. The molecule has 0 unspecified atom stereocenters. The zero-order valence-electron chi connectivity index (χ0n) is 14.0. The number of pyridine rings is 1. The number of alkyl halides is 3. The van der Waals surface area contributed by atoms with Crippen molar-refractivity contribution >= 4 is 40.7 Å². The van der Waals surface area contributed by atoms with Gasteiger partial charge in [0.25, 0.3) is 5.91 Å². The first kappa shape index (κ1) is 20.0. The number of carbonyl (C=O) groups is 1. The first-order valence-electron chi connectivity index (χ1n) is 7.86. The summed E-state index contributed by atoms with van der Waals surface area (Å²) >= 11 is 11.8. The summed E-state index contributed by atoms with van der Waals surface area (Å²) in [4.78, 5) is 16.3. The standard InChI is InChI=1S/C19H12Cl2F3N3O/c20-12-4-1-10(2-5-12)18(28)27-16-8-6-13(17(25)26-16)14-9-11(19(22,23)24)3-7-15(14)21/h1-9H,(H3,25,26,27,28). The van der Waals surface area contributed by atoms with Gasteiger partial charge in [-0.25, -0.2) is 4.98 Å². The van der Waals surface area contributed by atoms with Gasteiger partial charge in [0, 0.05) is 26.7 Å². The minimum absolute atomic E-state index is 0.0740. The number of nitrogens with one attached hydrogen (secondary N) is 1. The van der Waals surface area contributed by atoms with Gasteiger partial charge >= 0.3 is 6.18 Å². The average Bonchev–Trinajstić information content (AvgIpc) is 2.62. The number of nitrogens with zero attached hydrogens (tertiary/aromatic N) is 1. The van der Waals surface area contributed by atoms with E-state index in [1.54, 1.807) is 12.1 Å². The van der Waals surface area contributed by atoms with Crippen molar-refractivity contribution in [2.75, 3.05) is 11.1 Å². The van der Waals surface area contributed by atoms with Gasteiger partial charge in [-0.1, -0.05) is 23.2 Å². The molecule has 0 bridgehead atoms. The van der Waals surface area contributed by atoms with Gasteiger partial charge in [-0.05, 0) is 54.6 Å². The van der Waals surface area contributed by atoms with Crippen LogP contribution in [0.1, 0.15) is 15.9 Å². The Kier molecular flexibility index (Phi) is 5.49. The Morgan fingerprint density at radius 3 is 2.25 bits per heavy atom. The lowest BCUT2D eigenvalue weighted by atomic mass is 10.0. The number of hydrogen-bond acceptors (Lipinski definition) is 3. The number of aromatic nitrogens is 1. The summed E-state index contributed by atoms with van der Waals surface area (Å²) in [7, 11) is 0. The van der Waals surface area contributed by atoms with E-state index in [0.29, 0.717) is 10.6 Å². The van der Waals surface area contributed by atoms with Crippen molar-refractivity contribution < 1.29 is 18.0 Å². The molecule has 0 aliphatic carbocycles. The summed E-state index contributed by atoms with van der Waals surface area (Å²) in [5.41, 5.74) is 5.71. The van der Waals surface area contributed by atoms with E-state index in [9.17, 15) is 18.0 Å². The molecule has 0 aliphatic heterocycles. The van der Waals surface area contributed by atoms with Crippen molar-refractivity contribution in [2.24, 2.45) is 0 Å². The van der Waals surface area contributed by atoms with Gasteiger partial charge in [-0.15, -0.1) is 0 Å². The van der Waals surface area contributed by atoms with Gasteiger partial charge in [0.05, 0.1) is 5.56 Å². The summed E-state index contributed by atoms with van der Waals surface area (Å²) in [5, 5.41) is 3.15. The SMILES string of the molecule is Nc1nc(NC(=O)c2ccc(Cl)cc2)ccc1-c1cc(C(F)(F)F)ccc1Cl. The number of nitrogens with two attached hydrogens (primary N) is 1. The highest BCUT2D eigenvalue weighted by molar-refractivity contribution is 6.33. The minimum Gasteiger partial charge on any atom is -0.383 e. The van der Waals surface area contributed by atoms with E-state index in [-0.39, 0.29) is 27.8 Å². The summed E-state index contributed by atoms with van der Waals surface area (Å²) in [6.45, 7) is 0. The van der Waals surface area contributed by atoms with E-state index in [1.807, 2.05) is 0 Å². The maximum absolute atomic E-state index is 13.0. The van der Waals surface area contributed by atoms with E-state index in [1.165, 1.54) is 24.3 Å². The molecule has 1 amide bonds. The number of benzene rings is 2. The molecule has 9 heteroatoms. The Labute approximate surface area is 168 Å². The maximum Gasteiger partial charge on any atom is 0.416 e. The van der Waals surface area contributed by atoms with E-state index < -0.39 is 17.6 Å². The molecule has 0 fully saturated rings. The molecule has 3 rings (SSSR count). The summed E-state index contributed by atoms with van der Waals surface area (Å²) in [6, 6.07) is 12.0. The van der Waals surface area contributed by atoms with E-state index in [2.05, 4.69) is 10.3 Å². The molecular formula is C19H12Cl2F3N3O. The quantitative estimate of drug-likeness (QED) is 0.547. The van der Waals surface area contributed by atoms with Crippen LogP contribution in [0.15, 0.2) is 54.6 Å². The molecule has 4 nitrogen and oxygen atoms in total. The number of carbonyl (C=O) groups excluding carboxylic acids is 1. The molecule has 0 saturated heterocycles. The molecule has 2 aromatic carbocycles. The summed E-state index contributed by atoms with van der Waals surface area (Å²) < 4.78 is 38.9. The van der Waals surface area contributed by atoms with Crippen LogP contribution in [-0.2, 0) is 6.18 Å². The van der Waals surface area contributed by atoms with Gasteiger partial charge in [-0.3, -0.25) is 4.79 Å². The van der Waals surface area contributed by atoms with E-state index >= 15 is 0 Å². The molecule has 0 atom stereocenters. The molecular weight excluding hydrogens is 414 g/mol. The fourth-order valence-electron chi connectivity index (χ4n) is 2.47. The van der Waals surface area contributed by atoms with Gasteiger partial charge in [-0.2, -0.15) is 13.2 Å². The van der Waals surface area contributed by atoms with Crippen LogP contribution in [0.25, 0.3) is 11.1 Å². The Balaban J connectivity index is 1.89. The van der Waals surface area contributed by atoms with Crippen molar-refractivity contribution in [3.63, 3.8) is 0 Å². The number of hydrogen-bond donors (Lipinski definition) is 2. The number of rotatable bonds is 3. The fraction of sp³-hybridized carbons (Fsp3) is 0.0526. The number of amides is 1. The predicted molar refractivity (Wildman–Crippen MR) is 104 cm³/mol. The van der Waals surface area contributed by atoms with Gasteiger partial charge in [0.2, 0.25) is 0 Å². The molecule has 1 heterocycles. The Bertz CT molecular complexity index is 1040. The van der Waals surface area contributed by atoms with Crippen molar-refractivity contribution in [1.29, 1.82) is 0 Å². The number of anilines is 2. The average molecular weight is 426 g/mol. The Hall–Kier alpha value is -2.77. The summed E-state index contributed by atoms with van der Waals surface area (Å²) in [5.74, 6) is -0.368. The van der Waals surface area contributed by atoms with Crippen LogP contribution in [0.4, 0.5) is 24.8 Å². The normalized spacial score (nSPS) is 11.3. The molecule has 0 radical (unpaired) electrons. The zero-order chi connectivity index (χ0) is 20.5. The third kappa shape index (κ3) is 4.37. The van der Waals surface area contributed by atoms with E-state index in [4.69, 9.17) is 28.9 Å². The lowest BCUT2D eigenvalue weighted by Crippen LogP contribution is -2.13. The monoisotopic (exact) mass is 425 g/mol. The van der Waals surface area contributed by atoms with Crippen molar-refractivity contribution in [3.05, 3.63) is 75.8 Å². The highest BCUT2D eigenvalue weighted by Crippen LogP contribution is 2.37. The molecule has 1 aromatic heterocycles. The Morgan fingerprint density at radius 1 is 0.964 bits per heavy atom. The molecule has 144 valence electrons. The van der Waals surface area contributed by atoms with Crippen molar-refractivity contribution in [2.45, 2.75) is 6.18 Å². The van der Waals surface area contributed by atoms with Crippen LogP contribution >= 0.6 is 23.2 Å². The predicted octanol–water partition coefficient (Wildman–Crippen LogP) is 5.91. The van der Waals surface area contributed by atoms with Crippen LogP contribution in [0.2, 0.25) is 10.0 Å². The van der Waals surface area contributed by atoms with Crippen molar-refractivity contribution in [1.82, 2.24) is 4.98 Å². The lowest BCUT2D eigenvalue weighted by molar-refractivity contribution is -0.137. The number of halogens is 5. The molecule has 0 saturated carbocycles. The van der Waals surface area contributed by atoms with E-state index in [0.717, 1.165) is 18.2 Å². The number of nitrogen functional groups attached to an aromatic ring is 1. The van der Waals surface area contributed by atoms with Crippen LogP contribution in [-0.4, -0.2) is 10.9 Å².